The molecule has 1 fully saturated rings. The van der Waals surface area contributed by atoms with E-state index in [1.54, 1.807) is 0 Å². The van der Waals surface area contributed by atoms with E-state index < -0.39 is 0 Å². The van der Waals surface area contributed by atoms with Crippen molar-refractivity contribution in [1.82, 2.24) is 14.7 Å². The second-order valence-corrected chi connectivity index (χ2v) is 5.83. The molecule has 0 aromatic carbocycles. The van der Waals surface area contributed by atoms with Crippen LogP contribution in [-0.2, 0) is 6.54 Å². The van der Waals surface area contributed by atoms with E-state index in [1.165, 1.54) is 32.1 Å². The number of rotatable bonds is 4. The number of aromatic nitrogens is 2. The van der Waals surface area contributed by atoms with Crippen LogP contribution in [0.15, 0.2) is 24.5 Å². The maximum Gasteiger partial charge on any atom is 0.252 e. The monoisotopic (exact) mass is 286 g/mol. The summed E-state index contributed by atoms with van der Waals surface area (Å²) in [4.78, 5) is 16.6. The summed E-state index contributed by atoms with van der Waals surface area (Å²) in [5.41, 5.74) is 7.90. The van der Waals surface area contributed by atoms with Gasteiger partial charge in [0.15, 0.2) is 0 Å². The Kier molecular flexibility index (Phi) is 4.20. The number of carbonyl (C=O) groups excluding carboxylic acids is 1. The molecule has 0 unspecified atom stereocenters. The SMILES string of the molecule is NCc1cn2cc(C(=O)NCC3CCCCC3)ccc2n1. The number of nitrogens with one attached hydrogen (secondary N) is 1. The van der Waals surface area contributed by atoms with Gasteiger partial charge < -0.3 is 15.5 Å². The number of hydrogen-bond acceptors (Lipinski definition) is 3. The van der Waals surface area contributed by atoms with E-state index in [1.807, 2.05) is 28.9 Å². The van der Waals surface area contributed by atoms with Gasteiger partial charge >= 0.3 is 0 Å². The molecule has 0 aliphatic heterocycles. The molecule has 0 saturated heterocycles. The van der Waals surface area contributed by atoms with E-state index in [4.69, 9.17) is 5.73 Å². The molecule has 0 bridgehead atoms. The Balaban J connectivity index is 1.66. The van der Waals surface area contributed by atoms with Crippen LogP contribution < -0.4 is 11.1 Å². The summed E-state index contributed by atoms with van der Waals surface area (Å²) in [6.45, 7) is 1.19. The largest absolute Gasteiger partial charge is 0.352 e. The summed E-state index contributed by atoms with van der Waals surface area (Å²) in [6, 6.07) is 3.67. The van der Waals surface area contributed by atoms with Crippen molar-refractivity contribution in [3.63, 3.8) is 0 Å². The summed E-state index contributed by atoms with van der Waals surface area (Å²) in [7, 11) is 0. The van der Waals surface area contributed by atoms with Crippen molar-refractivity contribution in [2.75, 3.05) is 6.54 Å². The molecule has 5 heteroatoms. The van der Waals surface area contributed by atoms with Crippen molar-refractivity contribution < 1.29 is 4.79 Å². The Labute approximate surface area is 124 Å². The first-order valence-corrected chi connectivity index (χ1v) is 7.72. The molecule has 3 rings (SSSR count). The second kappa shape index (κ2) is 6.26. The molecule has 0 atom stereocenters. The molecule has 112 valence electrons. The third kappa shape index (κ3) is 3.24. The minimum Gasteiger partial charge on any atom is -0.352 e. The zero-order chi connectivity index (χ0) is 14.7. The highest BCUT2D eigenvalue weighted by atomic mass is 16.1. The molecule has 5 nitrogen and oxygen atoms in total. The lowest BCUT2D eigenvalue weighted by Gasteiger charge is -2.21. The first-order valence-electron chi connectivity index (χ1n) is 7.72. The van der Waals surface area contributed by atoms with Gasteiger partial charge in [0.25, 0.3) is 5.91 Å². The molecule has 1 aliphatic carbocycles. The van der Waals surface area contributed by atoms with Crippen LogP contribution in [0, 0.1) is 5.92 Å². The van der Waals surface area contributed by atoms with E-state index in [2.05, 4.69) is 10.3 Å². The third-order valence-corrected chi connectivity index (χ3v) is 4.25. The van der Waals surface area contributed by atoms with Crippen molar-refractivity contribution in [1.29, 1.82) is 0 Å². The average molecular weight is 286 g/mol. The zero-order valence-electron chi connectivity index (χ0n) is 12.2. The van der Waals surface area contributed by atoms with Gasteiger partial charge in [0.05, 0.1) is 11.3 Å². The average Bonchev–Trinajstić information content (AvgIpc) is 2.95. The number of nitrogens with zero attached hydrogens (tertiary/aromatic N) is 2. The number of imidazole rings is 1. The van der Waals surface area contributed by atoms with Crippen LogP contribution in [0.2, 0.25) is 0 Å². The third-order valence-electron chi connectivity index (χ3n) is 4.25. The molecule has 2 aromatic heterocycles. The summed E-state index contributed by atoms with van der Waals surface area (Å²) in [5, 5.41) is 3.06. The van der Waals surface area contributed by atoms with Gasteiger partial charge in [-0.05, 0) is 30.9 Å². The second-order valence-electron chi connectivity index (χ2n) is 5.83. The number of fused-ring (bicyclic) bond motifs is 1. The number of carbonyl (C=O) groups is 1. The Bertz CT molecular complexity index is 628. The first kappa shape index (κ1) is 14.1. The molecular weight excluding hydrogens is 264 g/mol. The van der Waals surface area contributed by atoms with Crippen LogP contribution in [-0.4, -0.2) is 21.8 Å². The smallest absolute Gasteiger partial charge is 0.252 e. The molecule has 3 N–H and O–H groups in total. The van der Waals surface area contributed by atoms with Gasteiger partial charge in [-0.15, -0.1) is 0 Å². The predicted octanol–water partition coefficient (Wildman–Crippen LogP) is 2.10. The molecule has 1 saturated carbocycles. The lowest BCUT2D eigenvalue weighted by molar-refractivity contribution is 0.0943. The number of nitrogens with two attached hydrogens (primary N) is 1. The van der Waals surface area contributed by atoms with Gasteiger partial charge in [-0.25, -0.2) is 4.98 Å². The Morgan fingerprint density at radius 1 is 1.29 bits per heavy atom. The van der Waals surface area contributed by atoms with E-state index >= 15 is 0 Å². The van der Waals surface area contributed by atoms with E-state index in [9.17, 15) is 4.79 Å². The Hall–Kier alpha value is -1.88. The fourth-order valence-electron chi connectivity index (χ4n) is 3.01. The zero-order valence-corrected chi connectivity index (χ0v) is 12.2. The molecule has 21 heavy (non-hydrogen) atoms. The van der Waals surface area contributed by atoms with Crippen LogP contribution in [0.3, 0.4) is 0 Å². The minimum absolute atomic E-state index is 0.00882. The maximum atomic E-state index is 12.2. The summed E-state index contributed by atoms with van der Waals surface area (Å²) < 4.78 is 1.86. The van der Waals surface area contributed by atoms with Crippen molar-refractivity contribution in [3.05, 3.63) is 35.8 Å². The van der Waals surface area contributed by atoms with Crippen LogP contribution in [0.25, 0.3) is 5.65 Å². The summed E-state index contributed by atoms with van der Waals surface area (Å²) in [6.07, 6.45) is 10.1. The fraction of sp³-hybridized carbons (Fsp3) is 0.500. The molecule has 0 radical (unpaired) electrons. The lowest BCUT2D eigenvalue weighted by atomic mass is 9.89. The molecular formula is C16H22N4O. The van der Waals surface area contributed by atoms with Crippen molar-refractivity contribution in [3.8, 4) is 0 Å². The Morgan fingerprint density at radius 3 is 2.86 bits per heavy atom. The van der Waals surface area contributed by atoms with Crippen molar-refractivity contribution >= 4 is 11.6 Å². The summed E-state index contributed by atoms with van der Waals surface area (Å²) in [5.74, 6) is 0.633. The standard InChI is InChI=1S/C16H22N4O/c17-8-14-11-20-10-13(6-7-15(20)19-14)16(21)18-9-12-4-2-1-3-5-12/h6-7,10-12H,1-5,8-9,17H2,(H,18,21). The molecule has 0 spiro atoms. The number of amides is 1. The van der Waals surface area contributed by atoms with Gasteiger partial charge in [-0.1, -0.05) is 19.3 Å². The topological polar surface area (TPSA) is 72.4 Å². The van der Waals surface area contributed by atoms with Crippen LogP contribution in [0.5, 0.6) is 0 Å². The van der Waals surface area contributed by atoms with Gasteiger partial charge in [0.2, 0.25) is 0 Å². The number of hydrogen-bond donors (Lipinski definition) is 2. The Morgan fingerprint density at radius 2 is 2.10 bits per heavy atom. The van der Waals surface area contributed by atoms with Gasteiger partial charge in [0, 0.05) is 25.5 Å². The van der Waals surface area contributed by atoms with Crippen molar-refractivity contribution in [2.24, 2.45) is 11.7 Å². The highest BCUT2D eigenvalue weighted by Crippen LogP contribution is 2.22. The van der Waals surface area contributed by atoms with Crippen molar-refractivity contribution in [2.45, 2.75) is 38.6 Å². The highest BCUT2D eigenvalue weighted by molar-refractivity contribution is 5.94. The molecule has 1 aliphatic rings. The fourth-order valence-corrected chi connectivity index (χ4v) is 3.01. The van der Waals surface area contributed by atoms with Crippen LogP contribution in [0.1, 0.15) is 48.2 Å². The summed E-state index contributed by atoms with van der Waals surface area (Å²) >= 11 is 0. The quantitative estimate of drug-likeness (QED) is 0.904. The highest BCUT2D eigenvalue weighted by Gasteiger charge is 2.15. The lowest BCUT2D eigenvalue weighted by Crippen LogP contribution is -2.30. The molecule has 2 aromatic rings. The van der Waals surface area contributed by atoms with Crippen LogP contribution >= 0.6 is 0 Å². The van der Waals surface area contributed by atoms with E-state index in [-0.39, 0.29) is 5.91 Å². The predicted molar refractivity (Wildman–Crippen MR) is 82.0 cm³/mol. The first-order chi connectivity index (χ1) is 10.3. The van der Waals surface area contributed by atoms with Gasteiger partial charge in [-0.2, -0.15) is 0 Å². The maximum absolute atomic E-state index is 12.2. The van der Waals surface area contributed by atoms with E-state index in [0.29, 0.717) is 18.0 Å². The van der Waals surface area contributed by atoms with Crippen LogP contribution in [0.4, 0.5) is 0 Å². The van der Waals surface area contributed by atoms with Gasteiger partial charge in [0.1, 0.15) is 5.65 Å². The minimum atomic E-state index is -0.00882. The molecule has 1 amide bonds. The van der Waals surface area contributed by atoms with E-state index in [0.717, 1.165) is 17.9 Å². The normalized spacial score (nSPS) is 16.2. The number of pyridine rings is 1. The van der Waals surface area contributed by atoms with Gasteiger partial charge in [-0.3, -0.25) is 4.79 Å². The molecule has 2 heterocycles.